The summed E-state index contributed by atoms with van der Waals surface area (Å²) in [6.45, 7) is 7.31. The van der Waals surface area contributed by atoms with Gasteiger partial charge in [-0.1, -0.05) is 29.3 Å². The first-order chi connectivity index (χ1) is 17.1. The first kappa shape index (κ1) is 25.8. The summed E-state index contributed by atoms with van der Waals surface area (Å²) in [7, 11) is 0. The lowest BCUT2D eigenvalue weighted by molar-refractivity contribution is 0.119. The molecule has 0 radical (unpaired) electrons. The third-order valence-electron chi connectivity index (χ3n) is 6.31. The Hall–Kier alpha value is -2.25. The molecule has 3 aromatic rings. The predicted molar refractivity (Wildman–Crippen MR) is 144 cm³/mol. The Bertz CT molecular complexity index is 1150. The number of aromatic amines is 1. The average molecular weight is 518 g/mol. The van der Waals surface area contributed by atoms with Crippen LogP contribution in [0.3, 0.4) is 0 Å². The molecule has 0 unspecified atom stereocenters. The third kappa shape index (κ3) is 7.61. The van der Waals surface area contributed by atoms with Crippen molar-refractivity contribution in [3.8, 4) is 5.75 Å². The molecular weight excluding hydrogens is 485 g/mol. The number of fused-ring (bicyclic) bond motifs is 1. The molecule has 0 bridgehead atoms. The topological polar surface area (TPSA) is 57.8 Å². The highest BCUT2D eigenvalue weighted by atomic mass is 35.5. The van der Waals surface area contributed by atoms with Gasteiger partial charge >= 0.3 is 0 Å². The number of nitrogens with zero attached hydrogens (tertiary/aromatic N) is 2. The number of ether oxygens (including phenoxy) is 2. The molecule has 0 saturated carbocycles. The van der Waals surface area contributed by atoms with Crippen LogP contribution in [0.4, 0.5) is 5.69 Å². The maximum Gasteiger partial charge on any atom is 0.248 e. The number of unbranched alkanes of at least 4 members (excludes halogenated alkanes) is 2. The normalized spacial score (nSPS) is 14.5. The van der Waals surface area contributed by atoms with Crippen molar-refractivity contribution in [2.45, 2.75) is 25.7 Å². The molecule has 1 aliphatic heterocycles. The van der Waals surface area contributed by atoms with E-state index in [0.717, 1.165) is 94.0 Å². The Balaban J connectivity index is 1.01. The van der Waals surface area contributed by atoms with Gasteiger partial charge in [0.05, 0.1) is 27.9 Å². The fraction of sp³-hybridized carbons (Fsp3) is 0.444. The van der Waals surface area contributed by atoms with E-state index in [1.165, 1.54) is 6.07 Å². The molecular formula is C27H33Cl2N3O3. The molecule has 35 heavy (non-hydrogen) atoms. The largest absolute Gasteiger partial charge is 0.494 e. The monoisotopic (exact) mass is 517 g/mol. The second-order valence-corrected chi connectivity index (χ2v) is 9.63. The summed E-state index contributed by atoms with van der Waals surface area (Å²) in [4.78, 5) is 19.1. The van der Waals surface area contributed by atoms with Gasteiger partial charge < -0.3 is 19.4 Å². The Morgan fingerprint density at radius 2 is 1.60 bits per heavy atom. The summed E-state index contributed by atoms with van der Waals surface area (Å²) in [5.74, 6) is 0.775. The summed E-state index contributed by atoms with van der Waals surface area (Å²) >= 11 is 12.5. The van der Waals surface area contributed by atoms with Crippen LogP contribution in [0.15, 0.2) is 53.3 Å². The van der Waals surface area contributed by atoms with Crippen molar-refractivity contribution in [3.05, 3.63) is 68.9 Å². The highest BCUT2D eigenvalue weighted by Gasteiger charge is 2.19. The minimum absolute atomic E-state index is 0.103. The fourth-order valence-electron chi connectivity index (χ4n) is 4.31. The van der Waals surface area contributed by atoms with Gasteiger partial charge in [0.25, 0.3) is 0 Å². The molecule has 8 heteroatoms. The number of rotatable bonds is 12. The van der Waals surface area contributed by atoms with Crippen molar-refractivity contribution in [2.75, 3.05) is 57.4 Å². The Labute approximate surface area is 216 Å². The van der Waals surface area contributed by atoms with Crippen molar-refractivity contribution in [2.24, 2.45) is 0 Å². The van der Waals surface area contributed by atoms with Crippen LogP contribution in [-0.4, -0.2) is 62.4 Å². The molecule has 2 aromatic carbocycles. The standard InChI is InChI=1S/C27H33Cl2N3O3/c28-23-6-5-7-25(27(23)29)32-15-13-31(14-16-32)12-1-2-17-34-18-3-4-19-35-22-10-8-21-9-11-26(33)30-24(21)20-22/h5-11,20H,1-4,12-19H2,(H,30,33). The van der Waals surface area contributed by atoms with Crippen molar-refractivity contribution < 1.29 is 9.47 Å². The van der Waals surface area contributed by atoms with Crippen molar-refractivity contribution in [3.63, 3.8) is 0 Å². The van der Waals surface area contributed by atoms with Gasteiger partial charge in [0.1, 0.15) is 5.75 Å². The molecule has 1 N–H and O–H groups in total. The van der Waals surface area contributed by atoms with Crippen LogP contribution in [0.2, 0.25) is 10.0 Å². The summed E-state index contributed by atoms with van der Waals surface area (Å²) in [6, 6.07) is 14.9. The van der Waals surface area contributed by atoms with Crippen molar-refractivity contribution in [1.82, 2.24) is 9.88 Å². The highest BCUT2D eigenvalue weighted by molar-refractivity contribution is 6.43. The van der Waals surface area contributed by atoms with E-state index in [0.29, 0.717) is 16.7 Å². The van der Waals surface area contributed by atoms with Gasteiger partial charge in [-0.2, -0.15) is 0 Å². The molecule has 0 spiro atoms. The highest BCUT2D eigenvalue weighted by Crippen LogP contribution is 2.32. The quantitative estimate of drug-likeness (QED) is 0.316. The van der Waals surface area contributed by atoms with Crippen LogP contribution in [0.25, 0.3) is 10.9 Å². The molecule has 0 amide bonds. The van der Waals surface area contributed by atoms with Gasteiger partial charge in [-0.15, -0.1) is 0 Å². The molecule has 6 nitrogen and oxygen atoms in total. The molecule has 1 saturated heterocycles. The first-order valence-corrected chi connectivity index (χ1v) is 13.1. The van der Waals surface area contributed by atoms with E-state index in [1.807, 2.05) is 42.5 Å². The number of hydrogen-bond donors (Lipinski definition) is 1. The van der Waals surface area contributed by atoms with E-state index in [-0.39, 0.29) is 5.56 Å². The molecule has 188 valence electrons. The van der Waals surface area contributed by atoms with Gasteiger partial charge in [0, 0.05) is 51.5 Å². The summed E-state index contributed by atoms with van der Waals surface area (Å²) in [5, 5.41) is 2.26. The molecule has 1 aromatic heterocycles. The number of anilines is 1. The second kappa shape index (κ2) is 13.2. The summed E-state index contributed by atoms with van der Waals surface area (Å²) in [6.07, 6.45) is 4.12. The minimum Gasteiger partial charge on any atom is -0.494 e. The number of halogens is 2. The zero-order valence-electron chi connectivity index (χ0n) is 20.0. The van der Waals surface area contributed by atoms with Crippen LogP contribution in [0.1, 0.15) is 25.7 Å². The van der Waals surface area contributed by atoms with E-state index in [4.69, 9.17) is 32.7 Å². The number of H-pyrrole nitrogens is 1. The van der Waals surface area contributed by atoms with E-state index < -0.39 is 0 Å². The lowest BCUT2D eigenvalue weighted by Gasteiger charge is -2.36. The van der Waals surface area contributed by atoms with E-state index in [1.54, 1.807) is 0 Å². The SMILES string of the molecule is O=c1ccc2ccc(OCCCCOCCCCN3CCN(c4cccc(Cl)c4Cl)CC3)cc2[nH]1. The van der Waals surface area contributed by atoms with Gasteiger partial charge in [0.2, 0.25) is 5.56 Å². The predicted octanol–water partition coefficient (Wildman–Crippen LogP) is 5.61. The molecule has 0 atom stereocenters. The summed E-state index contributed by atoms with van der Waals surface area (Å²) in [5.41, 5.74) is 1.73. The number of nitrogens with one attached hydrogen (secondary N) is 1. The van der Waals surface area contributed by atoms with E-state index in [9.17, 15) is 4.79 Å². The Morgan fingerprint density at radius 1 is 0.857 bits per heavy atom. The van der Waals surface area contributed by atoms with Gasteiger partial charge in [-0.3, -0.25) is 9.69 Å². The van der Waals surface area contributed by atoms with Crippen LogP contribution in [-0.2, 0) is 4.74 Å². The number of hydrogen-bond acceptors (Lipinski definition) is 5. The van der Waals surface area contributed by atoms with Crippen LogP contribution >= 0.6 is 23.2 Å². The zero-order valence-corrected chi connectivity index (χ0v) is 21.5. The third-order valence-corrected chi connectivity index (χ3v) is 7.11. The van der Waals surface area contributed by atoms with Gasteiger partial charge in [-0.25, -0.2) is 0 Å². The van der Waals surface area contributed by atoms with Gasteiger partial charge in [-0.05, 0) is 67.9 Å². The summed E-state index contributed by atoms with van der Waals surface area (Å²) < 4.78 is 11.6. The van der Waals surface area contributed by atoms with E-state index >= 15 is 0 Å². The Morgan fingerprint density at radius 3 is 2.43 bits per heavy atom. The zero-order chi connectivity index (χ0) is 24.5. The van der Waals surface area contributed by atoms with E-state index in [2.05, 4.69) is 14.8 Å². The van der Waals surface area contributed by atoms with Crippen LogP contribution in [0, 0.1) is 0 Å². The van der Waals surface area contributed by atoms with Crippen molar-refractivity contribution in [1.29, 1.82) is 0 Å². The lowest BCUT2D eigenvalue weighted by atomic mass is 10.2. The molecule has 2 heterocycles. The number of piperazine rings is 1. The molecule has 1 fully saturated rings. The maximum absolute atomic E-state index is 11.5. The molecule has 4 rings (SSSR count). The Kier molecular flexibility index (Phi) is 9.72. The average Bonchev–Trinajstić information content (AvgIpc) is 2.87. The number of pyridine rings is 1. The molecule has 1 aliphatic rings. The number of aromatic nitrogens is 1. The first-order valence-electron chi connectivity index (χ1n) is 12.3. The van der Waals surface area contributed by atoms with Crippen LogP contribution < -0.4 is 15.2 Å². The van der Waals surface area contributed by atoms with Gasteiger partial charge in [0.15, 0.2) is 0 Å². The second-order valence-electron chi connectivity index (χ2n) is 8.85. The molecule has 0 aliphatic carbocycles. The lowest BCUT2D eigenvalue weighted by Crippen LogP contribution is -2.46. The fourth-order valence-corrected chi connectivity index (χ4v) is 4.72. The smallest absolute Gasteiger partial charge is 0.248 e. The minimum atomic E-state index is -0.103. The number of benzene rings is 2. The maximum atomic E-state index is 11.5. The van der Waals surface area contributed by atoms with Crippen LogP contribution in [0.5, 0.6) is 5.75 Å². The van der Waals surface area contributed by atoms with Crippen molar-refractivity contribution >= 4 is 39.8 Å².